The molecule has 21 heavy (non-hydrogen) atoms. The first-order valence-corrected chi connectivity index (χ1v) is 8.00. The minimum atomic E-state index is -3.84. The van der Waals surface area contributed by atoms with Crippen molar-refractivity contribution in [2.45, 2.75) is 19.8 Å². The number of rotatable bonds is 4. The van der Waals surface area contributed by atoms with Crippen LogP contribution in [-0.2, 0) is 15.0 Å². The van der Waals surface area contributed by atoms with E-state index < -0.39 is 27.9 Å². The maximum Gasteiger partial charge on any atom is 0.307 e. The fraction of sp³-hybridized carbons (Fsp3) is 0.462. The molecule has 0 aromatic heterocycles. The molecule has 1 aliphatic rings. The highest BCUT2D eigenvalue weighted by Crippen LogP contribution is 2.22. The van der Waals surface area contributed by atoms with Gasteiger partial charge in [0.2, 0.25) is 0 Å². The van der Waals surface area contributed by atoms with E-state index in [-0.39, 0.29) is 18.8 Å². The maximum atomic E-state index is 13.0. The molecule has 2 N–H and O–H groups in total. The first-order chi connectivity index (χ1) is 9.79. The molecular formula is C13H17FN2O4S. The molecule has 1 atom stereocenters. The van der Waals surface area contributed by atoms with Crippen LogP contribution in [0, 0.1) is 18.7 Å². The average Bonchev–Trinajstić information content (AvgIpc) is 2.42. The van der Waals surface area contributed by atoms with Crippen LogP contribution in [0.5, 0.6) is 0 Å². The molecule has 0 saturated carbocycles. The number of aryl methyl sites for hydroxylation is 1. The van der Waals surface area contributed by atoms with E-state index in [1.165, 1.54) is 18.2 Å². The lowest BCUT2D eigenvalue weighted by atomic mass is 10.0. The average molecular weight is 316 g/mol. The van der Waals surface area contributed by atoms with Crippen molar-refractivity contribution in [1.29, 1.82) is 0 Å². The SMILES string of the molecule is Cc1cc(F)ccc1NS(=O)(=O)N1CCCC(C(=O)O)C1. The highest BCUT2D eigenvalue weighted by molar-refractivity contribution is 7.90. The third kappa shape index (κ3) is 3.70. The van der Waals surface area contributed by atoms with E-state index in [4.69, 9.17) is 5.11 Å². The Balaban J connectivity index is 2.16. The van der Waals surface area contributed by atoms with Crippen molar-refractivity contribution >= 4 is 21.9 Å². The summed E-state index contributed by atoms with van der Waals surface area (Å²) in [5, 5.41) is 9.00. The molecule has 1 fully saturated rings. The number of hydrogen-bond acceptors (Lipinski definition) is 3. The maximum absolute atomic E-state index is 13.0. The molecule has 1 aromatic carbocycles. The van der Waals surface area contributed by atoms with Gasteiger partial charge in [0, 0.05) is 13.1 Å². The molecule has 1 saturated heterocycles. The number of hydrogen-bond donors (Lipinski definition) is 2. The van der Waals surface area contributed by atoms with Crippen LogP contribution in [0.3, 0.4) is 0 Å². The minimum absolute atomic E-state index is 0.0507. The first-order valence-electron chi connectivity index (χ1n) is 6.56. The summed E-state index contributed by atoms with van der Waals surface area (Å²) in [7, 11) is -3.84. The molecule has 1 aromatic rings. The van der Waals surface area contributed by atoms with Gasteiger partial charge in [-0.05, 0) is 43.5 Å². The number of halogens is 1. The van der Waals surface area contributed by atoms with Gasteiger partial charge in [0.05, 0.1) is 11.6 Å². The van der Waals surface area contributed by atoms with Gasteiger partial charge < -0.3 is 5.11 Å². The highest BCUT2D eigenvalue weighted by atomic mass is 32.2. The number of nitrogens with zero attached hydrogens (tertiary/aromatic N) is 1. The van der Waals surface area contributed by atoms with Crippen LogP contribution in [0.2, 0.25) is 0 Å². The molecule has 8 heteroatoms. The van der Waals surface area contributed by atoms with Crippen molar-refractivity contribution in [3.63, 3.8) is 0 Å². The Labute approximate surface area is 122 Å². The van der Waals surface area contributed by atoms with Gasteiger partial charge in [-0.25, -0.2) is 4.39 Å². The number of anilines is 1. The number of carboxylic acid groups (broad SMARTS) is 1. The molecular weight excluding hydrogens is 299 g/mol. The standard InChI is InChI=1S/C13H17FN2O4S/c1-9-7-11(14)4-5-12(9)15-21(19,20)16-6-2-3-10(8-16)13(17)18/h4-5,7,10,15H,2-3,6,8H2,1H3,(H,17,18). The van der Waals surface area contributed by atoms with Crippen LogP contribution in [-0.4, -0.2) is 36.9 Å². The smallest absolute Gasteiger partial charge is 0.307 e. The topological polar surface area (TPSA) is 86.7 Å². The van der Waals surface area contributed by atoms with E-state index >= 15 is 0 Å². The summed E-state index contributed by atoms with van der Waals surface area (Å²) in [6.07, 6.45) is 0.969. The highest BCUT2D eigenvalue weighted by Gasteiger charge is 2.32. The van der Waals surface area contributed by atoms with Crippen LogP contribution in [0.25, 0.3) is 0 Å². The van der Waals surface area contributed by atoms with Gasteiger partial charge in [-0.1, -0.05) is 0 Å². The number of piperidine rings is 1. The largest absolute Gasteiger partial charge is 0.481 e. The molecule has 116 valence electrons. The Kier molecular flexibility index (Phi) is 4.48. The first kappa shape index (κ1) is 15.7. The van der Waals surface area contributed by atoms with Gasteiger partial charge in [0.1, 0.15) is 5.82 Å². The predicted molar refractivity (Wildman–Crippen MR) is 75.6 cm³/mol. The second kappa shape index (κ2) is 5.98. The van der Waals surface area contributed by atoms with Crippen LogP contribution in [0.1, 0.15) is 18.4 Å². The Bertz CT molecular complexity index is 648. The fourth-order valence-electron chi connectivity index (χ4n) is 2.31. The van der Waals surface area contributed by atoms with E-state index in [0.29, 0.717) is 18.4 Å². The molecule has 2 rings (SSSR count). The number of nitrogens with one attached hydrogen (secondary N) is 1. The molecule has 1 aliphatic heterocycles. The molecule has 0 spiro atoms. The van der Waals surface area contributed by atoms with Gasteiger partial charge in [-0.15, -0.1) is 0 Å². The van der Waals surface area contributed by atoms with Crippen LogP contribution >= 0.6 is 0 Å². The van der Waals surface area contributed by atoms with E-state index in [0.717, 1.165) is 4.31 Å². The minimum Gasteiger partial charge on any atom is -0.481 e. The number of carbonyl (C=O) groups is 1. The monoisotopic (exact) mass is 316 g/mol. The molecule has 0 radical (unpaired) electrons. The third-order valence-electron chi connectivity index (χ3n) is 3.50. The van der Waals surface area contributed by atoms with Crippen LogP contribution < -0.4 is 4.72 Å². The summed E-state index contributed by atoms with van der Waals surface area (Å²) in [6, 6.07) is 3.75. The summed E-state index contributed by atoms with van der Waals surface area (Å²) < 4.78 is 41.1. The molecule has 1 unspecified atom stereocenters. The lowest BCUT2D eigenvalue weighted by Crippen LogP contribution is -2.44. The third-order valence-corrected chi connectivity index (χ3v) is 4.99. The normalized spacial score (nSPS) is 20.2. The van der Waals surface area contributed by atoms with Gasteiger partial charge in [-0.3, -0.25) is 9.52 Å². The van der Waals surface area contributed by atoms with Gasteiger partial charge >= 0.3 is 16.2 Å². The van der Waals surface area contributed by atoms with E-state index in [2.05, 4.69) is 4.72 Å². The van der Waals surface area contributed by atoms with E-state index in [9.17, 15) is 17.6 Å². The Hall–Kier alpha value is -1.67. The predicted octanol–water partition coefficient (Wildman–Crippen LogP) is 1.59. The summed E-state index contributed by atoms with van der Waals surface area (Å²) >= 11 is 0. The molecule has 0 bridgehead atoms. The quantitative estimate of drug-likeness (QED) is 0.883. The lowest BCUT2D eigenvalue weighted by Gasteiger charge is -2.30. The van der Waals surface area contributed by atoms with Crippen LogP contribution in [0.4, 0.5) is 10.1 Å². The number of carboxylic acids is 1. The molecule has 1 heterocycles. The van der Waals surface area contributed by atoms with Gasteiger partial charge in [-0.2, -0.15) is 12.7 Å². The second-order valence-electron chi connectivity index (χ2n) is 5.10. The van der Waals surface area contributed by atoms with E-state index in [1.807, 2.05) is 0 Å². The van der Waals surface area contributed by atoms with Crippen molar-refractivity contribution in [3.8, 4) is 0 Å². The second-order valence-corrected chi connectivity index (χ2v) is 6.77. The number of benzene rings is 1. The zero-order valence-electron chi connectivity index (χ0n) is 11.5. The molecule has 0 amide bonds. The Morgan fingerprint density at radius 2 is 2.19 bits per heavy atom. The lowest BCUT2D eigenvalue weighted by molar-refractivity contribution is -0.142. The fourth-order valence-corrected chi connectivity index (χ4v) is 3.69. The molecule has 6 nitrogen and oxygen atoms in total. The van der Waals surface area contributed by atoms with Gasteiger partial charge in [0.25, 0.3) is 0 Å². The Morgan fingerprint density at radius 1 is 1.48 bits per heavy atom. The van der Waals surface area contributed by atoms with E-state index in [1.54, 1.807) is 6.92 Å². The van der Waals surface area contributed by atoms with Crippen molar-refractivity contribution in [3.05, 3.63) is 29.6 Å². The van der Waals surface area contributed by atoms with Crippen LogP contribution in [0.15, 0.2) is 18.2 Å². The number of aliphatic carboxylic acids is 1. The summed E-state index contributed by atoms with van der Waals surface area (Å²) in [4.78, 5) is 11.0. The Morgan fingerprint density at radius 3 is 2.81 bits per heavy atom. The summed E-state index contributed by atoms with van der Waals surface area (Å²) in [5.41, 5.74) is 0.749. The van der Waals surface area contributed by atoms with Gasteiger partial charge in [0.15, 0.2) is 0 Å². The summed E-state index contributed by atoms with van der Waals surface area (Å²) in [6.45, 7) is 1.82. The van der Waals surface area contributed by atoms with Crippen molar-refractivity contribution in [2.75, 3.05) is 17.8 Å². The molecule has 0 aliphatic carbocycles. The van der Waals surface area contributed by atoms with Crippen molar-refractivity contribution in [2.24, 2.45) is 5.92 Å². The van der Waals surface area contributed by atoms with Crippen molar-refractivity contribution < 1.29 is 22.7 Å². The zero-order valence-corrected chi connectivity index (χ0v) is 12.4. The van der Waals surface area contributed by atoms with Crippen molar-refractivity contribution in [1.82, 2.24) is 4.31 Å². The summed E-state index contributed by atoms with van der Waals surface area (Å²) in [5.74, 6) is -2.13. The zero-order chi connectivity index (χ0) is 15.6.